The average Bonchev–Trinajstić information content (AvgIpc) is 3.71. The van der Waals surface area contributed by atoms with Crippen molar-refractivity contribution in [2.75, 3.05) is 0 Å². The highest BCUT2D eigenvalue weighted by Gasteiger charge is 2.38. The van der Waals surface area contributed by atoms with E-state index in [-0.39, 0.29) is 5.41 Å². The second-order valence-electron chi connectivity index (χ2n) is 14.8. The van der Waals surface area contributed by atoms with Crippen LogP contribution in [0.25, 0.3) is 99.9 Å². The Hall–Kier alpha value is -6.91. The summed E-state index contributed by atoms with van der Waals surface area (Å²) in [7, 11) is 0. The molecule has 10 aromatic rings. The van der Waals surface area contributed by atoms with Crippen LogP contribution in [0.3, 0.4) is 0 Å². The van der Waals surface area contributed by atoms with Gasteiger partial charge in [0.2, 0.25) is 0 Å². The Labute approximate surface area is 312 Å². The lowest BCUT2D eigenvalue weighted by molar-refractivity contribution is 0.661. The molecule has 0 spiro atoms. The summed E-state index contributed by atoms with van der Waals surface area (Å²) in [5.74, 6) is 1.97. The Balaban J connectivity index is 1.14. The van der Waals surface area contributed by atoms with Gasteiger partial charge in [-0.1, -0.05) is 153 Å². The lowest BCUT2D eigenvalue weighted by Crippen LogP contribution is -2.17. The number of hydrogen-bond donors (Lipinski definition) is 0. The summed E-state index contributed by atoms with van der Waals surface area (Å²) in [6.07, 6.45) is 0. The average molecular weight is 692 g/mol. The first-order valence-electron chi connectivity index (χ1n) is 18.4. The highest BCUT2D eigenvalue weighted by atomic mass is 16.3. The molecule has 11 rings (SSSR count). The quantitative estimate of drug-likeness (QED) is 0.184. The van der Waals surface area contributed by atoms with Gasteiger partial charge in [0, 0.05) is 32.9 Å². The molecule has 0 radical (unpaired) electrons. The highest BCUT2D eigenvalue weighted by molar-refractivity contribution is 6.18. The molecule has 1 aliphatic rings. The van der Waals surface area contributed by atoms with Crippen LogP contribution in [0.4, 0.5) is 0 Å². The minimum Gasteiger partial charge on any atom is -0.456 e. The Kier molecular flexibility index (Phi) is 6.56. The number of rotatable bonds is 4. The Morgan fingerprint density at radius 2 is 1.00 bits per heavy atom. The summed E-state index contributed by atoms with van der Waals surface area (Å²) in [4.78, 5) is 15.7. The van der Waals surface area contributed by atoms with Crippen molar-refractivity contribution < 1.29 is 4.42 Å². The lowest BCUT2D eigenvalue weighted by atomic mass is 9.80. The number of aromatic nitrogens is 3. The number of hydrogen-bond acceptors (Lipinski definition) is 4. The van der Waals surface area contributed by atoms with Crippen LogP contribution in [0.2, 0.25) is 0 Å². The molecular weight excluding hydrogens is 659 g/mol. The summed E-state index contributed by atoms with van der Waals surface area (Å²) in [5, 5.41) is 6.79. The van der Waals surface area contributed by atoms with E-state index in [9.17, 15) is 0 Å². The highest BCUT2D eigenvalue weighted by Crippen LogP contribution is 2.52. The third-order valence-corrected chi connectivity index (χ3v) is 11.3. The summed E-state index contributed by atoms with van der Waals surface area (Å²) in [6.45, 7) is 4.61. The predicted molar refractivity (Wildman–Crippen MR) is 221 cm³/mol. The minimum atomic E-state index is -0.221. The van der Waals surface area contributed by atoms with Gasteiger partial charge in [-0.15, -0.1) is 0 Å². The van der Waals surface area contributed by atoms with E-state index in [1.807, 2.05) is 18.2 Å². The van der Waals surface area contributed by atoms with Gasteiger partial charge < -0.3 is 4.42 Å². The molecule has 0 N–H and O–H groups in total. The minimum absolute atomic E-state index is 0.221. The third-order valence-electron chi connectivity index (χ3n) is 11.3. The van der Waals surface area contributed by atoms with Crippen LogP contribution in [-0.4, -0.2) is 15.0 Å². The molecular formula is C50H33N3O. The van der Waals surface area contributed by atoms with E-state index in [2.05, 4.69) is 159 Å². The molecule has 0 saturated carbocycles. The van der Waals surface area contributed by atoms with Gasteiger partial charge in [-0.05, 0) is 79.2 Å². The lowest BCUT2D eigenvalue weighted by Gasteiger charge is -2.24. The van der Waals surface area contributed by atoms with Crippen LogP contribution >= 0.6 is 0 Å². The third kappa shape index (κ3) is 4.53. The smallest absolute Gasteiger partial charge is 0.164 e. The molecule has 0 unspecified atom stereocenters. The van der Waals surface area contributed by atoms with Gasteiger partial charge in [-0.2, -0.15) is 0 Å². The fourth-order valence-electron chi connectivity index (χ4n) is 8.83. The topological polar surface area (TPSA) is 51.8 Å². The van der Waals surface area contributed by atoms with Crippen molar-refractivity contribution in [1.82, 2.24) is 15.0 Å². The van der Waals surface area contributed by atoms with Gasteiger partial charge in [0.15, 0.2) is 17.5 Å². The van der Waals surface area contributed by atoms with Gasteiger partial charge in [0.05, 0.1) is 0 Å². The molecule has 2 heterocycles. The zero-order chi connectivity index (χ0) is 36.0. The van der Waals surface area contributed by atoms with Crippen molar-refractivity contribution in [2.45, 2.75) is 19.3 Å². The molecule has 8 aromatic carbocycles. The Bertz CT molecular complexity index is 3140. The first-order chi connectivity index (χ1) is 26.5. The molecule has 0 atom stereocenters. The van der Waals surface area contributed by atoms with Crippen LogP contribution in [0, 0.1) is 0 Å². The molecule has 0 bridgehead atoms. The van der Waals surface area contributed by atoms with E-state index in [1.165, 1.54) is 33.0 Å². The molecule has 0 amide bonds. The standard InChI is InChI=1S/C50H33N3O/c1-50(2)42-24-11-10-20-36(42)38-22-12-23-40(46(38)50)49-52-47(30-14-4-3-5-15-30)51-48(53-49)39-27-26-35(33-18-8-9-19-34(33)39)37-21-13-25-43-45(37)41-28-31-16-6-7-17-32(31)29-44(41)54-43/h3-29H,1-2H3. The summed E-state index contributed by atoms with van der Waals surface area (Å²) in [6, 6.07) is 57.7. The van der Waals surface area contributed by atoms with Crippen molar-refractivity contribution in [3.05, 3.63) is 175 Å². The molecule has 254 valence electrons. The van der Waals surface area contributed by atoms with E-state index in [4.69, 9.17) is 19.4 Å². The van der Waals surface area contributed by atoms with Crippen LogP contribution in [0.1, 0.15) is 25.0 Å². The van der Waals surface area contributed by atoms with E-state index < -0.39 is 0 Å². The predicted octanol–water partition coefficient (Wildman–Crippen LogP) is 13.1. The van der Waals surface area contributed by atoms with Gasteiger partial charge >= 0.3 is 0 Å². The van der Waals surface area contributed by atoms with E-state index >= 15 is 0 Å². The summed E-state index contributed by atoms with van der Waals surface area (Å²) >= 11 is 0. The van der Waals surface area contributed by atoms with Crippen molar-refractivity contribution in [1.29, 1.82) is 0 Å². The zero-order valence-electron chi connectivity index (χ0n) is 29.8. The Morgan fingerprint density at radius 1 is 0.407 bits per heavy atom. The van der Waals surface area contributed by atoms with Gasteiger partial charge in [0.1, 0.15) is 11.2 Å². The van der Waals surface area contributed by atoms with Crippen molar-refractivity contribution >= 4 is 43.5 Å². The second kappa shape index (κ2) is 11.5. The van der Waals surface area contributed by atoms with Crippen LogP contribution in [0.5, 0.6) is 0 Å². The molecule has 1 aliphatic carbocycles. The molecule has 54 heavy (non-hydrogen) atoms. The molecule has 2 aromatic heterocycles. The van der Waals surface area contributed by atoms with Crippen LogP contribution in [-0.2, 0) is 5.41 Å². The van der Waals surface area contributed by atoms with E-state index in [0.717, 1.165) is 60.5 Å². The SMILES string of the molecule is CC1(C)c2ccccc2-c2cccc(-c3nc(-c4ccccc4)nc(-c4ccc(-c5cccc6oc7cc8ccccc8cc7c56)c5ccccc45)n3)c21. The maximum atomic E-state index is 6.48. The molecule has 0 saturated heterocycles. The number of nitrogens with zero attached hydrogens (tertiary/aromatic N) is 3. The van der Waals surface area contributed by atoms with Crippen molar-refractivity contribution in [3.63, 3.8) is 0 Å². The number of benzene rings is 8. The fraction of sp³-hybridized carbons (Fsp3) is 0.0600. The second-order valence-corrected chi connectivity index (χ2v) is 14.8. The molecule has 0 fully saturated rings. The number of furan rings is 1. The van der Waals surface area contributed by atoms with Crippen molar-refractivity contribution in [3.8, 4) is 56.4 Å². The van der Waals surface area contributed by atoms with Gasteiger partial charge in [-0.25, -0.2) is 15.0 Å². The molecule has 0 aliphatic heterocycles. The normalized spacial score (nSPS) is 13.1. The van der Waals surface area contributed by atoms with E-state index in [1.54, 1.807) is 0 Å². The van der Waals surface area contributed by atoms with E-state index in [0.29, 0.717) is 17.5 Å². The summed E-state index contributed by atoms with van der Waals surface area (Å²) in [5.41, 5.74) is 11.8. The van der Waals surface area contributed by atoms with Gasteiger partial charge in [-0.3, -0.25) is 0 Å². The zero-order valence-corrected chi connectivity index (χ0v) is 29.8. The van der Waals surface area contributed by atoms with Crippen LogP contribution < -0.4 is 0 Å². The summed E-state index contributed by atoms with van der Waals surface area (Å²) < 4.78 is 6.48. The number of fused-ring (bicyclic) bond motifs is 8. The monoisotopic (exact) mass is 691 g/mol. The maximum Gasteiger partial charge on any atom is 0.164 e. The Morgan fingerprint density at radius 3 is 1.83 bits per heavy atom. The first-order valence-corrected chi connectivity index (χ1v) is 18.4. The maximum absolute atomic E-state index is 6.48. The molecule has 4 heteroatoms. The van der Waals surface area contributed by atoms with Gasteiger partial charge in [0.25, 0.3) is 0 Å². The van der Waals surface area contributed by atoms with Crippen LogP contribution in [0.15, 0.2) is 168 Å². The molecule has 4 nitrogen and oxygen atoms in total. The fourth-order valence-corrected chi connectivity index (χ4v) is 8.83. The largest absolute Gasteiger partial charge is 0.456 e. The van der Waals surface area contributed by atoms with Crippen molar-refractivity contribution in [2.24, 2.45) is 0 Å². The first kappa shape index (κ1) is 30.7.